The lowest BCUT2D eigenvalue weighted by Crippen LogP contribution is -2.49. The molecule has 2 aromatic rings. The first-order valence-electron chi connectivity index (χ1n) is 13.1. The van der Waals surface area contributed by atoms with Gasteiger partial charge in [-0.05, 0) is 111 Å². The maximum atomic E-state index is 2.67. The third-order valence-corrected chi connectivity index (χ3v) is 9.31. The van der Waals surface area contributed by atoms with Crippen LogP contribution in [0.3, 0.4) is 0 Å². The number of hydrogen-bond donors (Lipinski definition) is 0. The lowest BCUT2D eigenvalue weighted by molar-refractivity contribution is -0.0618. The lowest BCUT2D eigenvalue weighted by Gasteiger charge is -2.60. The van der Waals surface area contributed by atoms with Gasteiger partial charge >= 0.3 is 0 Å². The summed E-state index contributed by atoms with van der Waals surface area (Å²) in [5.74, 6) is 3.59. The largest absolute Gasteiger partial charge is 0.303 e. The van der Waals surface area contributed by atoms with Crippen molar-refractivity contribution in [3.05, 3.63) is 71.3 Å². The highest BCUT2D eigenvalue weighted by Gasteiger charge is 2.54. The Hall–Kier alpha value is -1.60. The van der Waals surface area contributed by atoms with Gasteiger partial charge in [0.15, 0.2) is 0 Å². The van der Waals surface area contributed by atoms with E-state index in [-0.39, 0.29) is 0 Å². The molecular weight excluding hydrogens is 374 g/mol. The fourth-order valence-electron chi connectivity index (χ4n) is 8.42. The summed E-state index contributed by atoms with van der Waals surface area (Å²) in [5.41, 5.74) is 5.16. The molecule has 0 aromatic heterocycles. The Balaban J connectivity index is 1.26. The van der Waals surface area contributed by atoms with Crippen molar-refractivity contribution in [2.24, 2.45) is 23.2 Å². The summed E-state index contributed by atoms with van der Waals surface area (Å²) in [6.07, 6.45) is 14.4. The molecule has 0 N–H and O–H groups in total. The zero-order valence-electron chi connectivity index (χ0n) is 19.1. The van der Waals surface area contributed by atoms with E-state index in [1.165, 1.54) is 89.4 Å². The van der Waals surface area contributed by atoms with Gasteiger partial charge in [-0.1, -0.05) is 61.0 Å². The Morgan fingerprint density at radius 2 is 1.29 bits per heavy atom. The van der Waals surface area contributed by atoms with Crippen molar-refractivity contribution in [2.75, 3.05) is 19.6 Å². The SMILES string of the molecule is c1ccc(C(c2ccc(CCN3CCCCC3)cc2)C23CC4CC(CC(C4)C2)C3)cc1. The third-order valence-electron chi connectivity index (χ3n) is 9.31. The molecule has 7 rings (SSSR count). The van der Waals surface area contributed by atoms with Gasteiger partial charge in [0.1, 0.15) is 0 Å². The molecule has 1 saturated heterocycles. The van der Waals surface area contributed by atoms with Crippen molar-refractivity contribution in [1.29, 1.82) is 0 Å². The molecule has 4 aliphatic carbocycles. The van der Waals surface area contributed by atoms with E-state index in [9.17, 15) is 0 Å². The molecule has 2 aromatic carbocycles. The molecule has 0 amide bonds. The van der Waals surface area contributed by atoms with Crippen molar-refractivity contribution in [3.63, 3.8) is 0 Å². The minimum Gasteiger partial charge on any atom is -0.303 e. The Morgan fingerprint density at radius 3 is 1.90 bits per heavy atom. The van der Waals surface area contributed by atoms with Crippen LogP contribution >= 0.6 is 0 Å². The average Bonchev–Trinajstić information content (AvgIpc) is 2.79. The van der Waals surface area contributed by atoms with E-state index in [1.54, 1.807) is 11.1 Å². The lowest BCUT2D eigenvalue weighted by atomic mass is 9.45. The fraction of sp³-hybridized carbons (Fsp3) is 0.600. The van der Waals surface area contributed by atoms with Crippen LogP contribution in [0.2, 0.25) is 0 Å². The van der Waals surface area contributed by atoms with Crippen LogP contribution in [0.15, 0.2) is 54.6 Å². The molecule has 4 saturated carbocycles. The van der Waals surface area contributed by atoms with Crippen molar-refractivity contribution in [2.45, 2.75) is 70.1 Å². The quantitative estimate of drug-likeness (QED) is 0.490. The molecule has 1 nitrogen and oxygen atoms in total. The molecule has 1 unspecified atom stereocenters. The fourth-order valence-corrected chi connectivity index (χ4v) is 8.42. The second kappa shape index (κ2) is 8.39. The van der Waals surface area contributed by atoms with Gasteiger partial charge in [-0.25, -0.2) is 0 Å². The van der Waals surface area contributed by atoms with Gasteiger partial charge in [-0.3, -0.25) is 0 Å². The van der Waals surface area contributed by atoms with E-state index in [1.807, 2.05) is 0 Å². The molecule has 1 atom stereocenters. The summed E-state index contributed by atoms with van der Waals surface area (Å²) < 4.78 is 0. The van der Waals surface area contributed by atoms with Gasteiger partial charge in [0.25, 0.3) is 0 Å². The Kier molecular flexibility index (Phi) is 5.43. The molecule has 164 valence electrons. The standard InChI is InChI=1S/C30H39N/c1-3-7-27(8-4-1)29(30-20-24-17-25(21-30)19-26(18-24)22-30)28-11-9-23(10-12-28)13-16-31-14-5-2-6-15-31/h1,3-4,7-12,24-26,29H,2,5-6,13-22H2. The summed E-state index contributed by atoms with van der Waals surface area (Å²) >= 11 is 0. The van der Waals surface area contributed by atoms with Gasteiger partial charge < -0.3 is 4.90 Å². The van der Waals surface area contributed by atoms with Crippen LogP contribution in [0.4, 0.5) is 0 Å². The van der Waals surface area contributed by atoms with Crippen LogP contribution < -0.4 is 0 Å². The molecule has 0 spiro atoms. The van der Waals surface area contributed by atoms with Gasteiger partial charge in [0.05, 0.1) is 0 Å². The van der Waals surface area contributed by atoms with E-state index in [2.05, 4.69) is 59.5 Å². The van der Waals surface area contributed by atoms with Crippen molar-refractivity contribution in [3.8, 4) is 0 Å². The average molecular weight is 414 g/mol. The smallest absolute Gasteiger partial charge is 0.0146 e. The number of hydrogen-bond acceptors (Lipinski definition) is 1. The number of rotatable bonds is 6. The van der Waals surface area contributed by atoms with Crippen LogP contribution in [0.5, 0.6) is 0 Å². The number of nitrogens with zero attached hydrogens (tertiary/aromatic N) is 1. The minimum absolute atomic E-state index is 0.505. The first kappa shape index (κ1) is 20.0. The van der Waals surface area contributed by atoms with Crippen LogP contribution in [-0.2, 0) is 6.42 Å². The van der Waals surface area contributed by atoms with E-state index in [0.29, 0.717) is 11.3 Å². The molecule has 1 heteroatoms. The molecule has 1 heterocycles. The molecule has 5 aliphatic rings. The summed E-state index contributed by atoms with van der Waals surface area (Å²) in [6.45, 7) is 3.84. The second-order valence-corrected chi connectivity index (χ2v) is 11.5. The predicted molar refractivity (Wildman–Crippen MR) is 129 cm³/mol. The summed E-state index contributed by atoms with van der Waals surface area (Å²) in [4.78, 5) is 2.67. The molecule has 0 radical (unpaired) electrons. The first-order chi connectivity index (χ1) is 15.3. The van der Waals surface area contributed by atoms with E-state index in [0.717, 1.165) is 17.8 Å². The zero-order valence-corrected chi connectivity index (χ0v) is 19.1. The predicted octanol–water partition coefficient (Wildman–Crippen LogP) is 7.06. The normalized spacial score (nSPS) is 33.5. The molecule has 5 fully saturated rings. The van der Waals surface area contributed by atoms with Crippen LogP contribution in [0, 0.1) is 23.2 Å². The van der Waals surface area contributed by atoms with E-state index < -0.39 is 0 Å². The van der Waals surface area contributed by atoms with E-state index in [4.69, 9.17) is 0 Å². The highest BCUT2D eigenvalue weighted by Crippen LogP contribution is 2.65. The highest BCUT2D eigenvalue weighted by molar-refractivity contribution is 5.38. The van der Waals surface area contributed by atoms with Crippen LogP contribution in [-0.4, -0.2) is 24.5 Å². The number of benzene rings is 2. The maximum Gasteiger partial charge on any atom is 0.0146 e. The van der Waals surface area contributed by atoms with Crippen molar-refractivity contribution < 1.29 is 0 Å². The number of likely N-dealkylation sites (tertiary alicyclic amines) is 1. The highest BCUT2D eigenvalue weighted by atomic mass is 15.1. The topological polar surface area (TPSA) is 3.24 Å². The van der Waals surface area contributed by atoms with Crippen molar-refractivity contribution in [1.82, 2.24) is 4.90 Å². The Bertz CT molecular complexity index is 826. The molecule has 4 bridgehead atoms. The minimum atomic E-state index is 0.505. The Labute approximate surface area is 189 Å². The van der Waals surface area contributed by atoms with Gasteiger partial charge in [0, 0.05) is 12.5 Å². The zero-order chi connectivity index (χ0) is 20.7. The van der Waals surface area contributed by atoms with Crippen LogP contribution in [0.25, 0.3) is 0 Å². The molecular formula is C30H39N. The van der Waals surface area contributed by atoms with Gasteiger partial charge in [-0.15, -0.1) is 0 Å². The van der Waals surface area contributed by atoms with E-state index >= 15 is 0 Å². The molecule has 1 aliphatic heterocycles. The van der Waals surface area contributed by atoms with Crippen molar-refractivity contribution >= 4 is 0 Å². The monoisotopic (exact) mass is 413 g/mol. The molecule has 31 heavy (non-hydrogen) atoms. The van der Waals surface area contributed by atoms with Gasteiger partial charge in [0.2, 0.25) is 0 Å². The summed E-state index contributed by atoms with van der Waals surface area (Å²) in [7, 11) is 0. The maximum absolute atomic E-state index is 2.67. The first-order valence-corrected chi connectivity index (χ1v) is 13.1. The Morgan fingerprint density at radius 1 is 0.710 bits per heavy atom. The second-order valence-electron chi connectivity index (χ2n) is 11.5. The summed E-state index contributed by atoms with van der Waals surface area (Å²) in [5, 5.41) is 0. The third kappa shape index (κ3) is 3.99. The summed E-state index contributed by atoms with van der Waals surface area (Å²) in [6, 6.07) is 21.4. The van der Waals surface area contributed by atoms with Gasteiger partial charge in [-0.2, -0.15) is 0 Å². The number of piperidine rings is 1. The van der Waals surface area contributed by atoms with Crippen LogP contribution in [0.1, 0.15) is 80.4 Å².